The van der Waals surface area contributed by atoms with E-state index in [1.165, 1.54) is 128 Å². The fourth-order valence-corrected chi connectivity index (χ4v) is 6.61. The van der Waals surface area contributed by atoms with Crippen LogP contribution in [0.2, 0.25) is 0 Å². The van der Waals surface area contributed by atoms with E-state index in [4.69, 9.17) is 9.57 Å². The summed E-state index contributed by atoms with van der Waals surface area (Å²) in [4.78, 5) is 30.6. The van der Waals surface area contributed by atoms with Gasteiger partial charge in [-0.05, 0) is 38.0 Å². The second kappa shape index (κ2) is 37.1. The smallest absolute Gasteiger partial charge is 0.325 e. The van der Waals surface area contributed by atoms with E-state index >= 15 is 0 Å². The number of ether oxygens (including phenoxy) is 1. The van der Waals surface area contributed by atoms with Crippen LogP contribution in [0.5, 0.6) is 0 Å². The van der Waals surface area contributed by atoms with Gasteiger partial charge in [0.2, 0.25) is 0 Å². The molecule has 0 aromatic carbocycles. The zero-order valence-electron chi connectivity index (χ0n) is 32.7. The Morgan fingerprint density at radius 3 is 1.48 bits per heavy atom. The second-order valence-electron chi connectivity index (χ2n) is 14.7. The van der Waals surface area contributed by atoms with Crippen LogP contribution in [0.4, 0.5) is 0 Å². The van der Waals surface area contributed by atoms with E-state index in [0.29, 0.717) is 38.5 Å². The van der Waals surface area contributed by atoms with Gasteiger partial charge in [0, 0.05) is 19.4 Å². The first-order valence-corrected chi connectivity index (χ1v) is 21.3. The highest BCUT2D eigenvalue weighted by Gasteiger charge is 2.20. The maximum absolute atomic E-state index is 12.6. The van der Waals surface area contributed by atoms with Crippen molar-refractivity contribution in [3.8, 4) is 0 Å². The Morgan fingerprint density at radius 1 is 0.521 bits per heavy atom. The number of hydrogen-bond donors (Lipinski definition) is 1. The maximum Gasteiger partial charge on any atom is 0.325 e. The molecule has 1 atom stereocenters. The molecule has 1 N–H and O–H groups in total. The third kappa shape index (κ3) is 33.4. The third-order valence-electron chi connectivity index (χ3n) is 9.72. The quantitative estimate of drug-likeness (QED) is 0.0397. The minimum atomic E-state index is -0.509. The molecule has 0 amide bonds. The highest BCUT2D eigenvalue weighted by Crippen LogP contribution is 2.24. The Balaban J connectivity index is 4.68. The summed E-state index contributed by atoms with van der Waals surface area (Å²) in [5, 5.41) is 12.9. The summed E-state index contributed by atoms with van der Waals surface area (Å²) in [6.45, 7) is 10.4. The van der Waals surface area contributed by atoms with Gasteiger partial charge in [0.25, 0.3) is 0 Å². The van der Waals surface area contributed by atoms with Crippen LogP contribution in [-0.2, 0) is 19.2 Å². The monoisotopic (exact) mass is 682 g/mol. The Labute approximate surface area is 299 Å². The first kappa shape index (κ1) is 46.9. The van der Waals surface area contributed by atoms with Crippen molar-refractivity contribution in [3.05, 3.63) is 0 Å². The predicted molar refractivity (Wildman–Crippen MR) is 204 cm³/mol. The number of carbonyl (C=O) groups is 2. The summed E-state index contributed by atoms with van der Waals surface area (Å²) >= 11 is 0. The van der Waals surface area contributed by atoms with Gasteiger partial charge >= 0.3 is 11.9 Å². The molecule has 0 fully saturated rings. The molecular formula is C42H83NO5. The van der Waals surface area contributed by atoms with Crippen molar-refractivity contribution < 1.29 is 24.3 Å². The molecule has 6 nitrogen and oxygen atoms in total. The highest BCUT2D eigenvalue weighted by atomic mass is 16.7. The van der Waals surface area contributed by atoms with Gasteiger partial charge in [-0.25, -0.2) is 0 Å². The average molecular weight is 682 g/mol. The zero-order valence-corrected chi connectivity index (χ0v) is 32.7. The van der Waals surface area contributed by atoms with Gasteiger partial charge < -0.3 is 14.7 Å². The highest BCUT2D eigenvalue weighted by molar-refractivity contribution is 5.69. The number of hydroxylamine groups is 2. The minimum absolute atomic E-state index is 0.102. The summed E-state index contributed by atoms with van der Waals surface area (Å²) in [6, 6.07) is 0. The molecule has 0 aliphatic heterocycles. The van der Waals surface area contributed by atoms with Gasteiger partial charge in [-0.1, -0.05) is 182 Å². The Hall–Kier alpha value is -1.14. The molecule has 0 aliphatic carbocycles. The normalized spacial score (nSPS) is 12.2. The van der Waals surface area contributed by atoms with Crippen molar-refractivity contribution in [1.82, 2.24) is 5.06 Å². The Kier molecular flexibility index (Phi) is 36.2. The Morgan fingerprint density at radius 2 is 0.938 bits per heavy atom. The van der Waals surface area contributed by atoms with Crippen LogP contribution in [0.15, 0.2) is 0 Å². The van der Waals surface area contributed by atoms with E-state index in [0.717, 1.165) is 57.8 Å². The summed E-state index contributed by atoms with van der Waals surface area (Å²) < 4.78 is 5.46. The van der Waals surface area contributed by atoms with Crippen LogP contribution in [0, 0.1) is 5.92 Å². The predicted octanol–water partition coefficient (Wildman–Crippen LogP) is 12.4. The van der Waals surface area contributed by atoms with Crippen LogP contribution >= 0.6 is 0 Å². The Bertz CT molecular complexity index is 671. The molecule has 1 unspecified atom stereocenters. The standard InChI is InChI=1S/C42H83NO5/c1-5-9-13-16-19-20-23-30-36-47-41(45)33-28-24-29-35-43(48-42(46)34-25-12-8-4)38-40(44)37-39(31-26-21-17-14-10-6-2)32-27-22-18-15-11-7-3/h39-40,44H,5-38H2,1-4H3. The van der Waals surface area contributed by atoms with Crippen LogP contribution in [0.25, 0.3) is 0 Å². The largest absolute Gasteiger partial charge is 0.466 e. The molecule has 48 heavy (non-hydrogen) atoms. The molecule has 286 valence electrons. The summed E-state index contributed by atoms with van der Waals surface area (Å²) in [7, 11) is 0. The first-order valence-electron chi connectivity index (χ1n) is 21.3. The lowest BCUT2D eigenvalue weighted by Crippen LogP contribution is -2.36. The van der Waals surface area contributed by atoms with Crippen molar-refractivity contribution in [3.63, 3.8) is 0 Å². The molecule has 0 bridgehead atoms. The molecule has 0 spiro atoms. The lowest BCUT2D eigenvalue weighted by molar-refractivity contribution is -0.197. The van der Waals surface area contributed by atoms with Gasteiger partial charge in [-0.15, -0.1) is 5.06 Å². The lowest BCUT2D eigenvalue weighted by atomic mass is 9.89. The fraction of sp³-hybridized carbons (Fsp3) is 0.952. The molecule has 0 aromatic heterocycles. The number of carbonyl (C=O) groups excluding carboxylic acids is 2. The van der Waals surface area contributed by atoms with Crippen molar-refractivity contribution in [1.29, 1.82) is 0 Å². The summed E-state index contributed by atoms with van der Waals surface area (Å²) in [5.74, 6) is 0.224. The van der Waals surface area contributed by atoms with Crippen molar-refractivity contribution >= 4 is 11.9 Å². The van der Waals surface area contributed by atoms with E-state index < -0.39 is 6.10 Å². The molecule has 0 aliphatic rings. The maximum atomic E-state index is 12.6. The number of esters is 1. The minimum Gasteiger partial charge on any atom is -0.466 e. The van der Waals surface area contributed by atoms with Crippen molar-refractivity contribution in [2.24, 2.45) is 5.92 Å². The van der Waals surface area contributed by atoms with Gasteiger partial charge in [0.15, 0.2) is 0 Å². The van der Waals surface area contributed by atoms with E-state index in [1.807, 2.05) is 0 Å². The van der Waals surface area contributed by atoms with E-state index in [1.54, 1.807) is 5.06 Å². The number of rotatable bonds is 38. The van der Waals surface area contributed by atoms with Gasteiger partial charge in [0.05, 0.1) is 19.3 Å². The van der Waals surface area contributed by atoms with Crippen molar-refractivity contribution in [2.45, 2.75) is 233 Å². The number of unbranched alkanes of at least 4 members (excludes halogenated alkanes) is 21. The van der Waals surface area contributed by atoms with Gasteiger partial charge in [0.1, 0.15) is 0 Å². The molecule has 0 heterocycles. The summed E-state index contributed by atoms with van der Waals surface area (Å²) in [6.07, 6.45) is 34.3. The molecule has 0 rings (SSSR count). The molecule has 0 radical (unpaired) electrons. The van der Waals surface area contributed by atoms with E-state index in [9.17, 15) is 14.7 Å². The topological polar surface area (TPSA) is 76.1 Å². The van der Waals surface area contributed by atoms with E-state index in [2.05, 4.69) is 27.7 Å². The number of hydrogen-bond acceptors (Lipinski definition) is 6. The van der Waals surface area contributed by atoms with Gasteiger partial charge in [-0.2, -0.15) is 0 Å². The molecule has 0 saturated heterocycles. The van der Waals surface area contributed by atoms with Crippen LogP contribution < -0.4 is 0 Å². The number of aliphatic hydroxyl groups excluding tert-OH is 1. The second-order valence-corrected chi connectivity index (χ2v) is 14.7. The van der Waals surface area contributed by atoms with Crippen LogP contribution in [0.3, 0.4) is 0 Å². The fourth-order valence-electron chi connectivity index (χ4n) is 6.61. The average Bonchev–Trinajstić information content (AvgIpc) is 3.06. The molecule has 0 aromatic rings. The molecular weight excluding hydrogens is 598 g/mol. The summed E-state index contributed by atoms with van der Waals surface area (Å²) in [5.41, 5.74) is 0. The number of nitrogens with zero attached hydrogens (tertiary/aromatic N) is 1. The molecule has 0 saturated carbocycles. The molecule has 6 heteroatoms. The SMILES string of the molecule is CCCCCCCCCCOC(=O)CCCCCN(CC(O)CC(CCCCCCCC)CCCCCCCC)OC(=O)CCCCC. The first-order chi connectivity index (χ1) is 23.5. The lowest BCUT2D eigenvalue weighted by Gasteiger charge is -2.26. The third-order valence-corrected chi connectivity index (χ3v) is 9.72. The zero-order chi connectivity index (χ0) is 35.3. The van der Waals surface area contributed by atoms with Crippen LogP contribution in [-0.4, -0.2) is 47.9 Å². The van der Waals surface area contributed by atoms with Crippen LogP contribution in [0.1, 0.15) is 227 Å². The van der Waals surface area contributed by atoms with Crippen molar-refractivity contribution in [2.75, 3.05) is 19.7 Å². The van der Waals surface area contributed by atoms with Gasteiger partial charge in [-0.3, -0.25) is 9.59 Å². The number of aliphatic hydroxyl groups is 1. The van der Waals surface area contributed by atoms with E-state index in [-0.39, 0.29) is 11.9 Å².